The predicted molar refractivity (Wildman–Crippen MR) is 104 cm³/mol. The molecule has 0 aliphatic carbocycles. The Balaban J connectivity index is 0.00000441. The molecule has 1 rings (SSSR count). The molecule has 128 valence electrons. The van der Waals surface area contributed by atoms with Crippen molar-refractivity contribution in [2.45, 2.75) is 18.7 Å². The number of hydrogen-bond donors (Lipinski definition) is 1. The van der Waals surface area contributed by atoms with Crippen molar-refractivity contribution >= 4 is 51.3 Å². The van der Waals surface area contributed by atoms with Gasteiger partial charge in [-0.2, -0.15) is 0 Å². The average Bonchev–Trinajstić information content (AvgIpc) is 2.67. The summed E-state index contributed by atoms with van der Waals surface area (Å²) in [6, 6.07) is 1.71. The highest BCUT2D eigenvalue weighted by atomic mass is 127. The van der Waals surface area contributed by atoms with Gasteiger partial charge >= 0.3 is 0 Å². The summed E-state index contributed by atoms with van der Waals surface area (Å²) >= 11 is 1.49. The van der Waals surface area contributed by atoms with Gasteiger partial charge in [-0.25, -0.2) is 13.1 Å². The van der Waals surface area contributed by atoms with Crippen LogP contribution in [-0.4, -0.2) is 65.5 Å². The molecular formula is C13H25IN4O2S2. The van der Waals surface area contributed by atoms with Gasteiger partial charge < -0.3 is 9.80 Å². The second-order valence-electron chi connectivity index (χ2n) is 5.15. The monoisotopic (exact) mass is 460 g/mol. The SMILES string of the molecule is Cc1cc(S(=O)(=O)NCCN=C(N(C)C)N(C)C)c(C)s1.I. The first kappa shape index (κ1) is 21.6. The topological polar surface area (TPSA) is 65.0 Å². The normalized spacial score (nSPS) is 10.8. The quantitative estimate of drug-likeness (QED) is 0.315. The number of guanidine groups is 1. The van der Waals surface area contributed by atoms with E-state index in [1.807, 2.05) is 51.8 Å². The van der Waals surface area contributed by atoms with Gasteiger partial charge in [0.05, 0.1) is 11.4 Å². The van der Waals surface area contributed by atoms with Crippen molar-refractivity contribution in [1.29, 1.82) is 0 Å². The fourth-order valence-electron chi connectivity index (χ4n) is 1.97. The number of sulfonamides is 1. The zero-order valence-electron chi connectivity index (χ0n) is 13.9. The lowest BCUT2D eigenvalue weighted by atomic mass is 10.4. The van der Waals surface area contributed by atoms with Crippen LogP contribution in [0, 0.1) is 13.8 Å². The molecule has 0 radical (unpaired) electrons. The molecule has 0 saturated carbocycles. The summed E-state index contributed by atoms with van der Waals surface area (Å²) < 4.78 is 27.0. The molecule has 0 fully saturated rings. The van der Waals surface area contributed by atoms with Crippen LogP contribution in [0.2, 0.25) is 0 Å². The molecule has 0 aromatic carbocycles. The Hall–Kier alpha value is -0.390. The molecular weight excluding hydrogens is 435 g/mol. The van der Waals surface area contributed by atoms with Crippen LogP contribution >= 0.6 is 35.3 Å². The summed E-state index contributed by atoms with van der Waals surface area (Å²) in [6.07, 6.45) is 0. The van der Waals surface area contributed by atoms with Crippen LogP contribution in [0.1, 0.15) is 9.75 Å². The van der Waals surface area contributed by atoms with Crippen LogP contribution in [0.5, 0.6) is 0 Å². The highest BCUT2D eigenvalue weighted by Gasteiger charge is 2.18. The molecule has 0 bridgehead atoms. The Kier molecular flexibility index (Phi) is 8.88. The molecule has 1 heterocycles. The minimum absolute atomic E-state index is 0. The molecule has 0 spiro atoms. The fourth-order valence-corrected chi connectivity index (χ4v) is 4.54. The van der Waals surface area contributed by atoms with Crippen molar-refractivity contribution in [3.8, 4) is 0 Å². The van der Waals surface area contributed by atoms with Crippen LogP contribution in [0.3, 0.4) is 0 Å². The van der Waals surface area contributed by atoms with Crippen LogP contribution < -0.4 is 4.72 Å². The Morgan fingerprint density at radius 1 is 1.23 bits per heavy atom. The first-order chi connectivity index (χ1) is 9.65. The maximum atomic E-state index is 12.2. The van der Waals surface area contributed by atoms with Crippen LogP contribution in [0.25, 0.3) is 0 Å². The van der Waals surface area contributed by atoms with Crippen LogP contribution in [0.4, 0.5) is 0 Å². The Morgan fingerprint density at radius 2 is 1.77 bits per heavy atom. The van der Waals surface area contributed by atoms with Gasteiger partial charge in [-0.1, -0.05) is 0 Å². The van der Waals surface area contributed by atoms with E-state index in [0.29, 0.717) is 11.4 Å². The van der Waals surface area contributed by atoms with Gasteiger partial charge in [0.15, 0.2) is 5.96 Å². The lowest BCUT2D eigenvalue weighted by molar-refractivity contribution is 0.479. The first-order valence-electron chi connectivity index (χ1n) is 6.61. The van der Waals surface area contributed by atoms with Gasteiger partial charge in [0.1, 0.15) is 0 Å². The second kappa shape index (κ2) is 9.04. The van der Waals surface area contributed by atoms with Gasteiger partial charge in [-0.05, 0) is 19.9 Å². The third-order valence-electron chi connectivity index (χ3n) is 2.74. The zero-order chi connectivity index (χ0) is 16.2. The molecule has 0 aliphatic heterocycles. The molecule has 1 aromatic rings. The van der Waals surface area contributed by atoms with Crippen molar-refractivity contribution in [2.24, 2.45) is 4.99 Å². The first-order valence-corrected chi connectivity index (χ1v) is 8.91. The molecule has 1 N–H and O–H groups in total. The van der Waals surface area contributed by atoms with E-state index in [4.69, 9.17) is 0 Å². The number of hydrogen-bond acceptors (Lipinski definition) is 4. The third-order valence-corrected chi connectivity index (χ3v) is 5.42. The van der Waals surface area contributed by atoms with E-state index in [2.05, 4.69) is 9.71 Å². The van der Waals surface area contributed by atoms with Crippen LogP contribution in [0.15, 0.2) is 16.0 Å². The smallest absolute Gasteiger partial charge is 0.241 e. The number of rotatable bonds is 5. The minimum atomic E-state index is -3.44. The fraction of sp³-hybridized carbons (Fsp3) is 0.615. The molecule has 0 aliphatic rings. The third kappa shape index (κ3) is 6.01. The van der Waals surface area contributed by atoms with Crippen LogP contribution in [-0.2, 0) is 10.0 Å². The summed E-state index contributed by atoms with van der Waals surface area (Å²) in [7, 11) is 4.17. The van der Waals surface area contributed by atoms with E-state index in [-0.39, 0.29) is 30.5 Å². The van der Waals surface area contributed by atoms with E-state index >= 15 is 0 Å². The largest absolute Gasteiger partial charge is 0.349 e. The summed E-state index contributed by atoms with van der Waals surface area (Å²) in [5.74, 6) is 0.803. The van der Waals surface area contributed by atoms with Crippen molar-refractivity contribution in [2.75, 3.05) is 41.3 Å². The Morgan fingerprint density at radius 3 is 2.18 bits per heavy atom. The van der Waals surface area contributed by atoms with Crippen molar-refractivity contribution in [1.82, 2.24) is 14.5 Å². The van der Waals surface area contributed by atoms with E-state index in [1.165, 1.54) is 11.3 Å². The molecule has 0 saturated heterocycles. The average molecular weight is 460 g/mol. The van der Waals surface area contributed by atoms with E-state index in [1.54, 1.807) is 6.07 Å². The summed E-state index contributed by atoms with van der Waals surface area (Å²) in [6.45, 7) is 4.40. The molecule has 9 heteroatoms. The Bertz CT molecular complexity index is 600. The van der Waals surface area contributed by atoms with Gasteiger partial charge in [0, 0.05) is 44.5 Å². The number of thiophene rings is 1. The molecule has 0 unspecified atom stereocenters. The summed E-state index contributed by atoms with van der Waals surface area (Å²) in [4.78, 5) is 10.3. The lowest BCUT2D eigenvalue weighted by Gasteiger charge is -2.22. The number of nitrogens with zero attached hydrogens (tertiary/aromatic N) is 3. The van der Waals surface area contributed by atoms with Gasteiger partial charge in [-0.3, -0.25) is 4.99 Å². The molecule has 6 nitrogen and oxygen atoms in total. The predicted octanol–water partition coefficient (Wildman–Crippen LogP) is 1.74. The number of aliphatic imine (C=N–C) groups is 1. The van der Waals surface area contributed by atoms with Gasteiger partial charge in [-0.15, -0.1) is 35.3 Å². The lowest BCUT2D eigenvalue weighted by Crippen LogP contribution is -2.36. The van der Waals surface area contributed by atoms with Gasteiger partial charge in [0.25, 0.3) is 0 Å². The molecule has 0 amide bonds. The number of halogens is 1. The number of aryl methyl sites for hydroxylation is 2. The molecule has 1 aromatic heterocycles. The zero-order valence-corrected chi connectivity index (χ0v) is 17.8. The van der Waals surface area contributed by atoms with E-state index < -0.39 is 10.0 Å². The Labute approximate surface area is 154 Å². The van der Waals surface area contributed by atoms with E-state index in [9.17, 15) is 8.42 Å². The van der Waals surface area contributed by atoms with Crippen molar-refractivity contribution in [3.63, 3.8) is 0 Å². The molecule has 0 atom stereocenters. The van der Waals surface area contributed by atoms with E-state index in [0.717, 1.165) is 15.7 Å². The van der Waals surface area contributed by atoms with Crippen molar-refractivity contribution < 1.29 is 8.42 Å². The minimum Gasteiger partial charge on any atom is -0.349 e. The number of nitrogens with one attached hydrogen (secondary N) is 1. The van der Waals surface area contributed by atoms with Crippen molar-refractivity contribution in [3.05, 3.63) is 15.8 Å². The van der Waals surface area contributed by atoms with Gasteiger partial charge in [0.2, 0.25) is 10.0 Å². The molecule has 22 heavy (non-hydrogen) atoms. The summed E-state index contributed by atoms with van der Waals surface area (Å²) in [5.41, 5.74) is 0. The highest BCUT2D eigenvalue weighted by molar-refractivity contribution is 14.0. The second-order valence-corrected chi connectivity index (χ2v) is 8.34. The highest BCUT2D eigenvalue weighted by Crippen LogP contribution is 2.24. The maximum absolute atomic E-state index is 12.2. The standard InChI is InChI=1S/C13H24N4O2S2.HI/c1-10-9-12(11(2)20-10)21(18,19)15-8-7-14-13(16(3)4)17(5)6;/h9,15H,7-8H2,1-6H3;1H. The maximum Gasteiger partial charge on any atom is 0.241 e. The summed E-state index contributed by atoms with van der Waals surface area (Å²) in [5, 5.41) is 0.